The minimum atomic E-state index is -4.18. The largest absolute Gasteiger partial charge is 0.400 e. The standard InChI is InChI=1S/C19H26O10S/c1-18(22-3)19(2,23-4)28-16-15(27-18)14-13(11-25-30(20,21)29-14)26-17(16)24-10-12-8-6-5-7-9-12/h5-9,13-17H,10-11H2,1-4H3/t13-,14+,15+,16-,17-,18-,19-/m1/s1. The van der Waals surface area contributed by atoms with Gasteiger partial charge in [-0.2, -0.15) is 8.42 Å². The van der Waals surface area contributed by atoms with Crippen LogP contribution in [0.15, 0.2) is 30.3 Å². The summed E-state index contributed by atoms with van der Waals surface area (Å²) in [7, 11) is -1.28. The third-order valence-corrected chi connectivity index (χ3v) is 6.66. The van der Waals surface area contributed by atoms with E-state index in [0.29, 0.717) is 0 Å². The molecule has 4 rings (SSSR count). The van der Waals surface area contributed by atoms with Crippen LogP contribution in [-0.4, -0.2) is 71.5 Å². The molecule has 3 heterocycles. The molecule has 1 aromatic carbocycles. The highest BCUT2D eigenvalue weighted by molar-refractivity contribution is 7.81. The Balaban J connectivity index is 1.63. The van der Waals surface area contributed by atoms with Gasteiger partial charge in [-0.05, 0) is 19.4 Å². The fourth-order valence-corrected chi connectivity index (χ4v) is 4.65. The van der Waals surface area contributed by atoms with E-state index in [9.17, 15) is 8.42 Å². The number of benzene rings is 1. The average Bonchev–Trinajstić information content (AvgIpc) is 2.74. The molecule has 0 unspecified atom stereocenters. The van der Waals surface area contributed by atoms with Crippen LogP contribution in [0.3, 0.4) is 0 Å². The van der Waals surface area contributed by atoms with E-state index in [-0.39, 0.29) is 13.2 Å². The van der Waals surface area contributed by atoms with Gasteiger partial charge in [0.15, 0.2) is 6.29 Å². The summed E-state index contributed by atoms with van der Waals surface area (Å²) in [4.78, 5) is 0. The van der Waals surface area contributed by atoms with E-state index >= 15 is 0 Å². The highest BCUT2D eigenvalue weighted by Crippen LogP contribution is 2.45. The summed E-state index contributed by atoms with van der Waals surface area (Å²) in [5.41, 5.74) is 0.937. The Morgan fingerprint density at radius 1 is 1.00 bits per heavy atom. The lowest BCUT2D eigenvalue weighted by Crippen LogP contribution is -2.74. The van der Waals surface area contributed by atoms with Gasteiger partial charge in [0.05, 0.1) is 13.2 Å². The van der Waals surface area contributed by atoms with Crippen LogP contribution in [0.5, 0.6) is 0 Å². The third-order valence-electron chi connectivity index (χ3n) is 5.78. The van der Waals surface area contributed by atoms with Gasteiger partial charge >= 0.3 is 10.4 Å². The maximum Gasteiger partial charge on any atom is 0.400 e. The fourth-order valence-electron chi connectivity index (χ4n) is 3.79. The average molecular weight is 446 g/mol. The number of hydrogen-bond donors (Lipinski definition) is 0. The molecule has 0 spiro atoms. The Hall–Kier alpha value is -1.15. The Kier molecular flexibility index (Phi) is 5.94. The maximum absolute atomic E-state index is 11.9. The molecule has 168 valence electrons. The fraction of sp³-hybridized carbons (Fsp3) is 0.684. The van der Waals surface area contributed by atoms with Crippen molar-refractivity contribution < 1.29 is 45.2 Å². The molecule has 10 nitrogen and oxygen atoms in total. The van der Waals surface area contributed by atoms with Crippen LogP contribution < -0.4 is 0 Å². The van der Waals surface area contributed by atoms with Crippen LogP contribution in [0.2, 0.25) is 0 Å². The number of methoxy groups -OCH3 is 2. The van der Waals surface area contributed by atoms with Gasteiger partial charge in [-0.1, -0.05) is 30.3 Å². The molecule has 3 saturated heterocycles. The molecule has 3 fully saturated rings. The molecule has 30 heavy (non-hydrogen) atoms. The molecule has 0 aromatic heterocycles. The third kappa shape index (κ3) is 3.90. The van der Waals surface area contributed by atoms with Crippen LogP contribution in [0, 0.1) is 0 Å². The molecule has 7 atom stereocenters. The molecule has 0 radical (unpaired) electrons. The molecule has 0 aliphatic carbocycles. The van der Waals surface area contributed by atoms with E-state index in [1.54, 1.807) is 13.8 Å². The van der Waals surface area contributed by atoms with Crippen LogP contribution >= 0.6 is 0 Å². The summed E-state index contributed by atoms with van der Waals surface area (Å²) in [6.07, 6.45) is -4.36. The predicted molar refractivity (Wildman–Crippen MR) is 100 cm³/mol. The highest BCUT2D eigenvalue weighted by Gasteiger charge is 2.64. The second kappa shape index (κ2) is 8.08. The molecular weight excluding hydrogens is 420 g/mol. The van der Waals surface area contributed by atoms with Crippen molar-refractivity contribution in [2.75, 3.05) is 20.8 Å². The topological polar surface area (TPSA) is 108 Å². The second-order valence-corrected chi connectivity index (χ2v) is 8.80. The van der Waals surface area contributed by atoms with Crippen LogP contribution in [0.1, 0.15) is 19.4 Å². The Labute approximate surface area is 175 Å². The summed E-state index contributed by atoms with van der Waals surface area (Å²) in [5, 5.41) is 0. The maximum atomic E-state index is 11.9. The summed E-state index contributed by atoms with van der Waals surface area (Å²) in [6, 6.07) is 9.55. The number of rotatable bonds is 5. The molecule has 1 aromatic rings. The summed E-state index contributed by atoms with van der Waals surface area (Å²) >= 11 is 0. The lowest BCUT2D eigenvalue weighted by atomic mass is 9.94. The van der Waals surface area contributed by atoms with Crippen molar-refractivity contribution in [3.8, 4) is 0 Å². The van der Waals surface area contributed by atoms with Gasteiger partial charge in [0.1, 0.15) is 24.4 Å². The molecule has 0 saturated carbocycles. The van der Waals surface area contributed by atoms with Crippen molar-refractivity contribution in [3.05, 3.63) is 35.9 Å². The van der Waals surface area contributed by atoms with Gasteiger partial charge in [0, 0.05) is 14.2 Å². The van der Waals surface area contributed by atoms with Gasteiger partial charge < -0.3 is 28.4 Å². The zero-order chi connectivity index (χ0) is 21.6. The molecule has 11 heteroatoms. The zero-order valence-electron chi connectivity index (χ0n) is 17.2. The molecule has 0 N–H and O–H groups in total. The van der Waals surface area contributed by atoms with E-state index in [0.717, 1.165) is 5.56 Å². The normalized spacial score (nSPS) is 42.9. The minimum absolute atomic E-state index is 0.226. The first kappa shape index (κ1) is 22.1. The van der Waals surface area contributed by atoms with Gasteiger partial charge in [0.25, 0.3) is 0 Å². The van der Waals surface area contributed by atoms with E-state index in [2.05, 4.69) is 0 Å². The molecule has 0 bridgehead atoms. The molecular formula is C19H26O10S. The minimum Gasteiger partial charge on any atom is -0.349 e. The van der Waals surface area contributed by atoms with Crippen molar-refractivity contribution in [2.24, 2.45) is 0 Å². The monoisotopic (exact) mass is 446 g/mol. The quantitative estimate of drug-likeness (QED) is 0.652. The van der Waals surface area contributed by atoms with Crippen molar-refractivity contribution in [1.29, 1.82) is 0 Å². The predicted octanol–water partition coefficient (Wildman–Crippen LogP) is 1.10. The molecule has 3 aliphatic rings. The van der Waals surface area contributed by atoms with E-state index in [1.165, 1.54) is 14.2 Å². The Morgan fingerprint density at radius 2 is 1.63 bits per heavy atom. The second-order valence-electron chi connectivity index (χ2n) is 7.56. The SMILES string of the molecule is CO[C@]1(C)O[C@H]2[C@H]3OS(=O)(=O)OC[C@H]3O[C@@H](OCc3ccccc3)[C@@H]2O[C@@]1(C)OC. The number of ether oxygens (including phenoxy) is 6. The van der Waals surface area contributed by atoms with E-state index in [4.69, 9.17) is 36.8 Å². The first-order valence-electron chi connectivity index (χ1n) is 9.55. The van der Waals surface area contributed by atoms with Crippen molar-refractivity contribution >= 4 is 10.4 Å². The van der Waals surface area contributed by atoms with Gasteiger partial charge in [-0.3, -0.25) is 0 Å². The van der Waals surface area contributed by atoms with Crippen molar-refractivity contribution in [1.82, 2.24) is 0 Å². The highest BCUT2D eigenvalue weighted by atomic mass is 32.3. The zero-order valence-corrected chi connectivity index (χ0v) is 18.0. The van der Waals surface area contributed by atoms with Gasteiger partial charge in [0.2, 0.25) is 11.6 Å². The number of hydrogen-bond acceptors (Lipinski definition) is 10. The Bertz CT molecular complexity index is 848. The summed E-state index contributed by atoms with van der Waals surface area (Å²) < 4.78 is 69.2. The molecule has 0 amide bonds. The summed E-state index contributed by atoms with van der Waals surface area (Å²) in [6.45, 7) is 3.33. The lowest BCUT2D eigenvalue weighted by molar-refractivity contribution is -0.484. The van der Waals surface area contributed by atoms with Crippen LogP contribution in [-0.2, 0) is 53.8 Å². The van der Waals surface area contributed by atoms with Crippen molar-refractivity contribution in [3.63, 3.8) is 0 Å². The Morgan fingerprint density at radius 3 is 2.27 bits per heavy atom. The lowest BCUT2D eigenvalue weighted by Gasteiger charge is -2.57. The number of fused-ring (bicyclic) bond motifs is 3. The smallest absolute Gasteiger partial charge is 0.349 e. The van der Waals surface area contributed by atoms with Gasteiger partial charge in [-0.15, -0.1) is 0 Å². The van der Waals surface area contributed by atoms with E-state index < -0.39 is 52.7 Å². The summed E-state index contributed by atoms with van der Waals surface area (Å²) in [5.74, 6) is -2.67. The first-order chi connectivity index (χ1) is 14.2. The van der Waals surface area contributed by atoms with Gasteiger partial charge in [-0.25, -0.2) is 8.37 Å². The van der Waals surface area contributed by atoms with E-state index in [1.807, 2.05) is 30.3 Å². The van der Waals surface area contributed by atoms with Crippen LogP contribution in [0.4, 0.5) is 0 Å². The molecule has 3 aliphatic heterocycles. The van der Waals surface area contributed by atoms with Crippen LogP contribution in [0.25, 0.3) is 0 Å². The first-order valence-corrected chi connectivity index (χ1v) is 10.9. The van der Waals surface area contributed by atoms with Crippen molar-refractivity contribution in [2.45, 2.75) is 62.7 Å².